The van der Waals surface area contributed by atoms with E-state index in [4.69, 9.17) is 19.2 Å². The van der Waals surface area contributed by atoms with Crippen LogP contribution in [-0.2, 0) is 24.0 Å². The molecule has 1 aliphatic carbocycles. The average Bonchev–Trinajstić information content (AvgIpc) is 2.63. The maximum absolute atomic E-state index is 12.1. The van der Waals surface area contributed by atoms with Gasteiger partial charge in [0.15, 0.2) is 5.60 Å². The Morgan fingerprint density at radius 1 is 1.10 bits per heavy atom. The maximum Gasteiger partial charge on any atom is 0.311 e. The Kier molecular flexibility index (Phi) is 2.58. The SMILES string of the molecule is C[C@@H]1CC[C@H]2[C@@H](C)C(=O)O[C@@H]3O[C@]4(C)CC[C@@H]1C32OO4. The fourth-order valence-electron chi connectivity index (χ4n) is 4.76. The Balaban J connectivity index is 1.84. The van der Waals surface area contributed by atoms with E-state index in [-0.39, 0.29) is 17.8 Å². The molecule has 5 rings (SSSR count). The van der Waals surface area contributed by atoms with Crippen LogP contribution in [0.3, 0.4) is 0 Å². The minimum absolute atomic E-state index is 0.123. The normalized spacial score (nSPS) is 57.8. The maximum atomic E-state index is 12.1. The molecule has 0 amide bonds. The lowest BCUT2D eigenvalue weighted by Gasteiger charge is -2.57. The Bertz CT molecular complexity index is 452. The van der Waals surface area contributed by atoms with Crippen LogP contribution in [0, 0.1) is 23.7 Å². The summed E-state index contributed by atoms with van der Waals surface area (Å²) in [6, 6.07) is 0. The molecule has 20 heavy (non-hydrogen) atoms. The van der Waals surface area contributed by atoms with Gasteiger partial charge in [0, 0.05) is 18.3 Å². The molecule has 0 radical (unpaired) electrons. The lowest BCUT2D eigenvalue weighted by Crippen LogP contribution is -2.69. The molecule has 4 heterocycles. The summed E-state index contributed by atoms with van der Waals surface area (Å²) < 4.78 is 11.6. The molecule has 112 valence electrons. The Hall–Kier alpha value is -0.650. The molecule has 5 aliphatic rings. The van der Waals surface area contributed by atoms with E-state index in [2.05, 4.69) is 6.92 Å². The number of esters is 1. The zero-order valence-electron chi connectivity index (χ0n) is 12.3. The summed E-state index contributed by atoms with van der Waals surface area (Å²) in [4.78, 5) is 23.7. The summed E-state index contributed by atoms with van der Waals surface area (Å²) in [6.07, 6.45) is 3.24. The van der Waals surface area contributed by atoms with Crippen LogP contribution >= 0.6 is 0 Å². The van der Waals surface area contributed by atoms with E-state index in [0.29, 0.717) is 11.8 Å². The monoisotopic (exact) mass is 282 g/mol. The van der Waals surface area contributed by atoms with Gasteiger partial charge in [0.1, 0.15) is 0 Å². The topological polar surface area (TPSA) is 54.0 Å². The number of carbonyl (C=O) groups excluding carboxylic acids is 1. The van der Waals surface area contributed by atoms with Crippen molar-refractivity contribution in [1.29, 1.82) is 0 Å². The number of fused-ring (bicyclic) bond motifs is 2. The van der Waals surface area contributed by atoms with Crippen molar-refractivity contribution in [2.24, 2.45) is 23.7 Å². The van der Waals surface area contributed by atoms with Crippen LogP contribution in [0.5, 0.6) is 0 Å². The molecular formula is C15H22O5. The Morgan fingerprint density at radius 3 is 2.70 bits per heavy atom. The molecular weight excluding hydrogens is 260 g/mol. The van der Waals surface area contributed by atoms with Crippen molar-refractivity contribution in [2.45, 2.75) is 64.1 Å². The van der Waals surface area contributed by atoms with Crippen LogP contribution in [0.15, 0.2) is 0 Å². The second-order valence-electron chi connectivity index (χ2n) is 7.14. The van der Waals surface area contributed by atoms with Gasteiger partial charge in [0.25, 0.3) is 0 Å². The molecule has 4 aliphatic heterocycles. The zero-order chi connectivity index (χ0) is 14.1. The summed E-state index contributed by atoms with van der Waals surface area (Å²) in [6.45, 7) is 6.06. The third kappa shape index (κ3) is 1.46. The van der Waals surface area contributed by atoms with Crippen LogP contribution in [0.25, 0.3) is 0 Å². The van der Waals surface area contributed by atoms with Gasteiger partial charge in [-0.3, -0.25) is 4.79 Å². The fraction of sp³-hybridized carbons (Fsp3) is 0.933. The number of rotatable bonds is 0. The lowest BCUT2D eigenvalue weighted by atomic mass is 9.58. The molecule has 2 bridgehead atoms. The highest BCUT2D eigenvalue weighted by atomic mass is 17.3. The van der Waals surface area contributed by atoms with Crippen LogP contribution in [0.4, 0.5) is 0 Å². The Labute approximate surface area is 118 Å². The van der Waals surface area contributed by atoms with Gasteiger partial charge in [0.05, 0.1) is 5.92 Å². The minimum Gasteiger partial charge on any atom is -0.432 e. The van der Waals surface area contributed by atoms with Crippen LogP contribution in [0.1, 0.15) is 46.5 Å². The molecule has 4 saturated heterocycles. The van der Waals surface area contributed by atoms with Gasteiger partial charge in [-0.05, 0) is 32.1 Å². The van der Waals surface area contributed by atoms with E-state index in [1.165, 1.54) is 0 Å². The first kappa shape index (κ1) is 13.0. The van der Waals surface area contributed by atoms with Crippen molar-refractivity contribution >= 4 is 5.97 Å². The second kappa shape index (κ2) is 3.96. The average molecular weight is 282 g/mol. The van der Waals surface area contributed by atoms with Gasteiger partial charge in [-0.1, -0.05) is 13.8 Å². The highest BCUT2D eigenvalue weighted by molar-refractivity contribution is 5.74. The minimum atomic E-state index is -0.793. The van der Waals surface area contributed by atoms with Crippen LogP contribution in [0.2, 0.25) is 0 Å². The molecule has 5 heteroatoms. The number of ether oxygens (including phenoxy) is 2. The molecule has 1 saturated carbocycles. The van der Waals surface area contributed by atoms with Gasteiger partial charge in [-0.15, -0.1) is 0 Å². The van der Waals surface area contributed by atoms with E-state index in [1.807, 2.05) is 13.8 Å². The quantitative estimate of drug-likeness (QED) is 0.504. The first-order valence-corrected chi connectivity index (χ1v) is 7.71. The molecule has 1 unspecified atom stereocenters. The van der Waals surface area contributed by atoms with E-state index in [1.54, 1.807) is 0 Å². The standard InChI is InChI=1S/C15H22O5/c1-8-4-5-11-9(2)12(16)17-13-15(11)10(8)6-7-14(3,18-13)19-20-15/h8-11,13H,4-7H2,1-3H3/t8-,9-,10+,11+,13-,14+,15?/m1/s1. The highest BCUT2D eigenvalue weighted by Crippen LogP contribution is 2.59. The molecule has 5 fully saturated rings. The van der Waals surface area contributed by atoms with E-state index in [9.17, 15) is 4.79 Å². The van der Waals surface area contributed by atoms with Gasteiger partial charge in [-0.25, -0.2) is 9.78 Å². The first-order chi connectivity index (χ1) is 9.46. The van der Waals surface area contributed by atoms with Gasteiger partial charge in [-0.2, -0.15) is 0 Å². The zero-order valence-corrected chi connectivity index (χ0v) is 12.3. The molecule has 1 spiro atoms. The molecule has 0 aromatic heterocycles. The summed E-state index contributed by atoms with van der Waals surface area (Å²) in [7, 11) is 0. The van der Waals surface area contributed by atoms with Gasteiger partial charge >= 0.3 is 5.97 Å². The van der Waals surface area contributed by atoms with E-state index in [0.717, 1.165) is 25.7 Å². The van der Waals surface area contributed by atoms with Crippen LogP contribution < -0.4 is 0 Å². The van der Waals surface area contributed by atoms with E-state index >= 15 is 0 Å². The number of carbonyl (C=O) groups is 1. The summed E-state index contributed by atoms with van der Waals surface area (Å²) in [5.74, 6) is -0.137. The fourth-order valence-corrected chi connectivity index (χ4v) is 4.76. The molecule has 0 aromatic carbocycles. The van der Waals surface area contributed by atoms with E-state index < -0.39 is 17.7 Å². The van der Waals surface area contributed by atoms with Crippen molar-refractivity contribution in [2.75, 3.05) is 0 Å². The van der Waals surface area contributed by atoms with Crippen molar-refractivity contribution in [1.82, 2.24) is 0 Å². The predicted octanol–water partition coefficient (Wildman–Crippen LogP) is 2.39. The second-order valence-corrected chi connectivity index (χ2v) is 7.14. The molecule has 7 atom stereocenters. The smallest absolute Gasteiger partial charge is 0.311 e. The molecule has 5 nitrogen and oxygen atoms in total. The molecule has 0 N–H and O–H groups in total. The summed E-state index contributed by atoms with van der Waals surface area (Å²) in [5, 5.41) is 0. The third-order valence-corrected chi connectivity index (χ3v) is 5.97. The van der Waals surface area contributed by atoms with Crippen molar-refractivity contribution in [3.63, 3.8) is 0 Å². The predicted molar refractivity (Wildman–Crippen MR) is 68.0 cm³/mol. The summed E-state index contributed by atoms with van der Waals surface area (Å²) in [5.41, 5.74) is -0.610. The largest absolute Gasteiger partial charge is 0.432 e. The van der Waals surface area contributed by atoms with Crippen LogP contribution in [-0.4, -0.2) is 23.6 Å². The first-order valence-electron chi connectivity index (χ1n) is 7.71. The lowest BCUT2D eigenvalue weighted by molar-refractivity contribution is -0.559. The highest BCUT2D eigenvalue weighted by Gasteiger charge is 2.69. The Morgan fingerprint density at radius 2 is 1.90 bits per heavy atom. The van der Waals surface area contributed by atoms with Crippen molar-refractivity contribution < 1.29 is 24.0 Å². The van der Waals surface area contributed by atoms with Crippen molar-refractivity contribution in [3.8, 4) is 0 Å². The number of hydrogen-bond acceptors (Lipinski definition) is 5. The summed E-state index contributed by atoms with van der Waals surface area (Å²) >= 11 is 0. The van der Waals surface area contributed by atoms with Gasteiger partial charge in [0.2, 0.25) is 12.1 Å². The van der Waals surface area contributed by atoms with Gasteiger partial charge < -0.3 is 9.47 Å². The number of hydrogen-bond donors (Lipinski definition) is 0. The van der Waals surface area contributed by atoms with Crippen molar-refractivity contribution in [3.05, 3.63) is 0 Å². The molecule has 0 aromatic rings. The third-order valence-electron chi connectivity index (χ3n) is 5.97.